The van der Waals surface area contributed by atoms with Crippen LogP contribution in [0.15, 0.2) is 96.1 Å². The van der Waals surface area contributed by atoms with E-state index in [0.717, 1.165) is 17.7 Å². The van der Waals surface area contributed by atoms with E-state index in [0.29, 0.717) is 0 Å². The summed E-state index contributed by atoms with van der Waals surface area (Å²) in [6.45, 7) is 5.73. The smallest absolute Gasteiger partial charge is 0.356 e. The van der Waals surface area contributed by atoms with Crippen molar-refractivity contribution in [2.75, 3.05) is 6.54 Å². The number of carbonyl (C=O) groups is 2. The number of hydrogen-bond donors (Lipinski definition) is 2. The summed E-state index contributed by atoms with van der Waals surface area (Å²) in [5.41, 5.74) is 0.909. The first kappa shape index (κ1) is 24.4. The topological polar surface area (TPSA) is 78.9 Å². The summed E-state index contributed by atoms with van der Waals surface area (Å²) in [5, 5.41) is 12.5. The molecule has 0 unspecified atom stereocenters. The highest BCUT2D eigenvalue weighted by molar-refractivity contribution is 6.01. The number of rotatable bonds is 9. The van der Waals surface area contributed by atoms with Gasteiger partial charge in [0.05, 0.1) is 5.57 Å². The number of carbonyl (C=O) groups excluding carboxylic acids is 1. The third kappa shape index (κ3) is 5.78. The van der Waals surface area contributed by atoms with Gasteiger partial charge < -0.3 is 20.1 Å². The molecule has 0 spiro atoms. The molecule has 1 heterocycles. The Morgan fingerprint density at radius 2 is 1.91 bits per heavy atom. The Morgan fingerprint density at radius 1 is 1.18 bits per heavy atom. The van der Waals surface area contributed by atoms with Gasteiger partial charge in [-0.1, -0.05) is 55.1 Å². The number of nitrogens with zero attached hydrogens (tertiary/aromatic N) is 1. The van der Waals surface area contributed by atoms with Crippen molar-refractivity contribution >= 4 is 11.9 Å². The summed E-state index contributed by atoms with van der Waals surface area (Å²) in [5.74, 6) is -3.39. The number of allylic oxidation sites excluding steroid dienone is 2. The van der Waals surface area contributed by atoms with Crippen LogP contribution in [0.2, 0.25) is 0 Å². The average Bonchev–Trinajstić information content (AvgIpc) is 2.81. The second-order valence-electron chi connectivity index (χ2n) is 7.42. The summed E-state index contributed by atoms with van der Waals surface area (Å²) < 4.78 is 33.0. The van der Waals surface area contributed by atoms with E-state index in [1.807, 2.05) is 30.3 Å². The molecule has 0 atom stereocenters. The number of nitrogens with one attached hydrogen (secondary N) is 1. The Bertz CT molecular complexity index is 1190. The fraction of sp³-hybridized carbons (Fsp3) is 0.154. The molecule has 176 valence electrons. The molecule has 0 aliphatic carbocycles. The van der Waals surface area contributed by atoms with E-state index in [2.05, 4.69) is 11.9 Å². The molecule has 34 heavy (non-hydrogen) atoms. The highest BCUT2D eigenvalue weighted by atomic mass is 19.1. The first-order chi connectivity index (χ1) is 16.3. The molecule has 1 aliphatic heterocycles. The molecule has 2 aromatic rings. The van der Waals surface area contributed by atoms with E-state index in [-0.39, 0.29) is 47.9 Å². The van der Waals surface area contributed by atoms with Crippen LogP contribution in [0.1, 0.15) is 18.1 Å². The summed E-state index contributed by atoms with van der Waals surface area (Å²) in [7, 11) is 0. The minimum atomic E-state index is -1.24. The quantitative estimate of drug-likeness (QED) is 0.535. The number of ether oxygens (including phenoxy) is 1. The van der Waals surface area contributed by atoms with Crippen molar-refractivity contribution in [2.45, 2.75) is 20.1 Å². The van der Waals surface area contributed by atoms with Gasteiger partial charge in [-0.3, -0.25) is 4.79 Å². The highest BCUT2D eigenvalue weighted by Gasteiger charge is 2.32. The lowest BCUT2D eigenvalue weighted by molar-refractivity contribution is -0.134. The van der Waals surface area contributed by atoms with E-state index in [1.165, 1.54) is 17.2 Å². The van der Waals surface area contributed by atoms with Gasteiger partial charge in [0, 0.05) is 36.5 Å². The summed E-state index contributed by atoms with van der Waals surface area (Å²) in [6, 6.07) is 12.2. The molecule has 0 saturated carbocycles. The van der Waals surface area contributed by atoms with Gasteiger partial charge in [0.1, 0.15) is 18.2 Å². The zero-order valence-corrected chi connectivity index (χ0v) is 18.6. The van der Waals surface area contributed by atoms with Crippen molar-refractivity contribution in [3.05, 3.63) is 119 Å². The van der Waals surface area contributed by atoms with Crippen LogP contribution in [0, 0.1) is 11.6 Å². The van der Waals surface area contributed by atoms with Crippen LogP contribution in [0.4, 0.5) is 8.78 Å². The van der Waals surface area contributed by atoms with E-state index in [9.17, 15) is 23.5 Å². The van der Waals surface area contributed by atoms with Crippen molar-refractivity contribution < 1.29 is 28.2 Å². The highest BCUT2D eigenvalue weighted by Crippen LogP contribution is 2.31. The molecule has 0 radical (unpaired) electrons. The molecule has 1 aliphatic rings. The molecule has 2 N–H and O–H groups in total. The maximum absolute atomic E-state index is 14.0. The minimum absolute atomic E-state index is 0.0403. The Kier molecular flexibility index (Phi) is 7.97. The lowest BCUT2D eigenvalue weighted by Gasteiger charge is -2.29. The van der Waals surface area contributed by atoms with Gasteiger partial charge in [0.2, 0.25) is 0 Å². The van der Waals surface area contributed by atoms with Crippen molar-refractivity contribution in [3.8, 4) is 0 Å². The fourth-order valence-electron chi connectivity index (χ4n) is 3.29. The number of halogens is 2. The molecule has 0 fully saturated rings. The van der Waals surface area contributed by atoms with Crippen LogP contribution in [-0.4, -0.2) is 28.4 Å². The van der Waals surface area contributed by atoms with E-state index in [4.69, 9.17) is 4.74 Å². The summed E-state index contributed by atoms with van der Waals surface area (Å²) >= 11 is 0. The predicted molar refractivity (Wildman–Crippen MR) is 123 cm³/mol. The standard InChI is InChI=1S/C26H24F2N2O4/c1-3-4-12-30-15-21(25(31)29-14-19-10-11-20(27)13-22(19)28)17(2)24(23(30)26(32)33)34-16-18-8-6-5-7-9-18/h3-11,13,15H,2,12,14,16H2,1H3,(H,29,31)(H,32,33)/b4-3-. The number of amides is 1. The Morgan fingerprint density at radius 3 is 2.56 bits per heavy atom. The fourth-order valence-corrected chi connectivity index (χ4v) is 3.29. The number of carboxylic acids is 1. The maximum Gasteiger partial charge on any atom is 0.356 e. The number of aliphatic carboxylic acids is 1. The molecule has 3 rings (SSSR count). The number of carboxylic acid groups (broad SMARTS) is 1. The zero-order valence-electron chi connectivity index (χ0n) is 18.6. The molecule has 2 aromatic carbocycles. The van der Waals surface area contributed by atoms with Crippen molar-refractivity contribution in [1.82, 2.24) is 10.2 Å². The van der Waals surface area contributed by atoms with E-state index >= 15 is 0 Å². The van der Waals surface area contributed by atoms with E-state index < -0.39 is 23.5 Å². The Hall–Kier alpha value is -4.20. The minimum Gasteiger partial charge on any atom is -0.486 e. The molecule has 0 saturated heterocycles. The van der Waals surface area contributed by atoms with Crippen molar-refractivity contribution in [1.29, 1.82) is 0 Å². The van der Waals surface area contributed by atoms with Crippen molar-refractivity contribution in [3.63, 3.8) is 0 Å². The number of hydrogen-bond acceptors (Lipinski definition) is 4. The lowest BCUT2D eigenvalue weighted by atomic mass is 10.00. The monoisotopic (exact) mass is 466 g/mol. The predicted octanol–water partition coefficient (Wildman–Crippen LogP) is 4.43. The normalized spacial score (nSPS) is 13.8. The van der Waals surface area contributed by atoms with Gasteiger partial charge in [-0.2, -0.15) is 0 Å². The molecule has 1 amide bonds. The van der Waals surface area contributed by atoms with Crippen LogP contribution in [-0.2, 0) is 27.5 Å². The van der Waals surface area contributed by atoms with Crippen LogP contribution < -0.4 is 5.32 Å². The molecule has 0 bridgehead atoms. The summed E-state index contributed by atoms with van der Waals surface area (Å²) in [4.78, 5) is 26.4. The van der Waals surface area contributed by atoms with Crippen molar-refractivity contribution in [2.24, 2.45) is 0 Å². The summed E-state index contributed by atoms with van der Waals surface area (Å²) in [6.07, 6.45) is 4.85. The third-order valence-corrected chi connectivity index (χ3v) is 5.05. The van der Waals surface area contributed by atoms with Gasteiger partial charge in [0.25, 0.3) is 5.91 Å². The third-order valence-electron chi connectivity index (χ3n) is 5.05. The van der Waals surface area contributed by atoms with Crippen LogP contribution in [0.3, 0.4) is 0 Å². The lowest BCUT2D eigenvalue weighted by Crippen LogP contribution is -2.34. The SMILES string of the molecule is C=C1C(C(=O)NCc2ccc(F)cc2F)=CN(C/C=C\C)C(C(=O)O)=C1OCc1ccccc1. The number of benzene rings is 2. The molecular formula is C26H24F2N2O4. The maximum atomic E-state index is 14.0. The first-order valence-electron chi connectivity index (χ1n) is 10.5. The molecule has 6 nitrogen and oxygen atoms in total. The van der Waals surface area contributed by atoms with E-state index in [1.54, 1.807) is 19.1 Å². The second kappa shape index (κ2) is 11.1. The van der Waals surface area contributed by atoms with Gasteiger partial charge in [-0.05, 0) is 18.6 Å². The van der Waals surface area contributed by atoms with Gasteiger partial charge in [-0.15, -0.1) is 0 Å². The van der Waals surface area contributed by atoms with Crippen LogP contribution in [0.25, 0.3) is 0 Å². The first-order valence-corrected chi connectivity index (χ1v) is 10.5. The molecule has 8 heteroatoms. The Labute approximate surface area is 196 Å². The van der Waals surface area contributed by atoms with Gasteiger partial charge in [-0.25, -0.2) is 13.6 Å². The van der Waals surface area contributed by atoms with Crippen LogP contribution >= 0.6 is 0 Å². The zero-order chi connectivity index (χ0) is 24.7. The largest absolute Gasteiger partial charge is 0.486 e. The molecular weight excluding hydrogens is 442 g/mol. The van der Waals surface area contributed by atoms with Crippen LogP contribution in [0.5, 0.6) is 0 Å². The molecule has 0 aromatic heterocycles. The Balaban J connectivity index is 1.88. The van der Waals surface area contributed by atoms with Gasteiger partial charge >= 0.3 is 5.97 Å². The van der Waals surface area contributed by atoms with Gasteiger partial charge in [0.15, 0.2) is 11.5 Å². The average molecular weight is 466 g/mol. The second-order valence-corrected chi connectivity index (χ2v) is 7.42.